The fraction of sp³-hybridized carbons (Fsp3) is 0.143. The number of nitrogens with one attached hydrogen (secondary N) is 1. The smallest absolute Gasteiger partial charge is 0.123 e. The first kappa shape index (κ1) is 13.2. The van der Waals surface area contributed by atoms with Gasteiger partial charge in [0.25, 0.3) is 0 Å². The standard InChI is InChI=1S/C14H12Cl2FN/c1-9(13-8-10(15)2-7-14(13)16)18-12-5-3-11(17)4-6-12/h2-9,18H,1H3. The Balaban J connectivity index is 2.18. The first-order valence-electron chi connectivity index (χ1n) is 5.53. The van der Waals surface area contributed by atoms with Gasteiger partial charge in [-0.2, -0.15) is 0 Å². The van der Waals surface area contributed by atoms with E-state index in [0.29, 0.717) is 10.0 Å². The van der Waals surface area contributed by atoms with Crippen LogP contribution in [0.15, 0.2) is 42.5 Å². The molecule has 4 heteroatoms. The summed E-state index contributed by atoms with van der Waals surface area (Å²) in [5.74, 6) is -0.256. The maximum absolute atomic E-state index is 12.8. The Morgan fingerprint density at radius 2 is 1.72 bits per heavy atom. The van der Waals surface area contributed by atoms with Gasteiger partial charge in [-0.3, -0.25) is 0 Å². The molecule has 0 saturated carbocycles. The third-order valence-electron chi connectivity index (χ3n) is 2.65. The maximum Gasteiger partial charge on any atom is 0.123 e. The van der Waals surface area contributed by atoms with Gasteiger partial charge in [-0.15, -0.1) is 0 Å². The van der Waals surface area contributed by atoms with Crippen LogP contribution in [-0.2, 0) is 0 Å². The van der Waals surface area contributed by atoms with Crippen LogP contribution in [0.4, 0.5) is 10.1 Å². The van der Waals surface area contributed by atoms with Crippen LogP contribution in [0, 0.1) is 5.82 Å². The average Bonchev–Trinajstić information content (AvgIpc) is 2.35. The van der Waals surface area contributed by atoms with Crippen molar-refractivity contribution in [2.75, 3.05) is 5.32 Å². The molecule has 0 bridgehead atoms. The molecule has 94 valence electrons. The predicted octanol–water partition coefficient (Wildman–Crippen LogP) is 5.31. The molecule has 18 heavy (non-hydrogen) atoms. The first-order valence-corrected chi connectivity index (χ1v) is 6.29. The number of hydrogen-bond donors (Lipinski definition) is 1. The summed E-state index contributed by atoms with van der Waals surface area (Å²) >= 11 is 12.1. The molecule has 2 aromatic carbocycles. The summed E-state index contributed by atoms with van der Waals surface area (Å²) in [6.07, 6.45) is 0. The summed E-state index contributed by atoms with van der Waals surface area (Å²) in [5, 5.41) is 4.54. The van der Waals surface area contributed by atoms with Crippen LogP contribution in [0.1, 0.15) is 18.5 Å². The zero-order valence-corrected chi connectivity index (χ0v) is 11.3. The van der Waals surface area contributed by atoms with Gasteiger partial charge in [0, 0.05) is 15.7 Å². The van der Waals surface area contributed by atoms with E-state index in [1.807, 2.05) is 13.0 Å². The molecule has 0 heterocycles. The van der Waals surface area contributed by atoms with Crippen LogP contribution in [0.5, 0.6) is 0 Å². The minimum absolute atomic E-state index is 0.0124. The predicted molar refractivity (Wildman–Crippen MR) is 74.9 cm³/mol. The van der Waals surface area contributed by atoms with E-state index in [2.05, 4.69) is 5.32 Å². The minimum Gasteiger partial charge on any atom is -0.378 e. The van der Waals surface area contributed by atoms with Crippen molar-refractivity contribution in [2.45, 2.75) is 13.0 Å². The highest BCUT2D eigenvalue weighted by Crippen LogP contribution is 2.28. The number of halogens is 3. The minimum atomic E-state index is -0.256. The molecule has 2 rings (SSSR count). The molecule has 1 atom stereocenters. The number of benzene rings is 2. The van der Waals surface area contributed by atoms with Crippen LogP contribution >= 0.6 is 23.2 Å². The van der Waals surface area contributed by atoms with Crippen molar-refractivity contribution in [1.29, 1.82) is 0 Å². The van der Waals surface area contributed by atoms with Crippen LogP contribution in [0.2, 0.25) is 10.0 Å². The molecule has 0 aliphatic carbocycles. The number of hydrogen-bond acceptors (Lipinski definition) is 1. The van der Waals surface area contributed by atoms with Gasteiger partial charge in [-0.05, 0) is 55.0 Å². The average molecular weight is 284 g/mol. The van der Waals surface area contributed by atoms with Gasteiger partial charge < -0.3 is 5.32 Å². The Morgan fingerprint density at radius 3 is 2.39 bits per heavy atom. The topological polar surface area (TPSA) is 12.0 Å². The second-order valence-electron chi connectivity index (χ2n) is 4.04. The Labute approximate surface area is 116 Å². The molecule has 0 amide bonds. The molecule has 0 fully saturated rings. The lowest BCUT2D eigenvalue weighted by Gasteiger charge is -2.17. The van der Waals surface area contributed by atoms with Gasteiger partial charge in [0.1, 0.15) is 5.82 Å². The summed E-state index contributed by atoms with van der Waals surface area (Å²) in [6, 6.07) is 11.5. The van der Waals surface area contributed by atoms with Gasteiger partial charge in [-0.1, -0.05) is 23.2 Å². The molecule has 0 spiro atoms. The van der Waals surface area contributed by atoms with Crippen LogP contribution in [0.3, 0.4) is 0 Å². The van der Waals surface area contributed by atoms with Crippen LogP contribution in [0.25, 0.3) is 0 Å². The lowest BCUT2D eigenvalue weighted by Crippen LogP contribution is -2.07. The molecule has 0 aliphatic heterocycles. The molecular formula is C14H12Cl2FN. The van der Waals surface area contributed by atoms with Gasteiger partial charge in [0.15, 0.2) is 0 Å². The van der Waals surface area contributed by atoms with E-state index in [1.54, 1.807) is 24.3 Å². The molecule has 1 unspecified atom stereocenters. The van der Waals surface area contributed by atoms with Crippen molar-refractivity contribution in [3.63, 3.8) is 0 Å². The Hall–Kier alpha value is -1.25. The van der Waals surface area contributed by atoms with Crippen molar-refractivity contribution in [3.8, 4) is 0 Å². The fourth-order valence-corrected chi connectivity index (χ4v) is 2.18. The third kappa shape index (κ3) is 3.15. The summed E-state index contributed by atoms with van der Waals surface area (Å²) in [6.45, 7) is 1.97. The molecule has 0 aromatic heterocycles. The largest absolute Gasteiger partial charge is 0.378 e. The highest BCUT2D eigenvalue weighted by molar-refractivity contribution is 6.33. The normalized spacial score (nSPS) is 12.2. The second kappa shape index (κ2) is 5.59. The van der Waals surface area contributed by atoms with E-state index in [1.165, 1.54) is 12.1 Å². The van der Waals surface area contributed by atoms with E-state index < -0.39 is 0 Å². The molecule has 0 radical (unpaired) electrons. The summed E-state index contributed by atoms with van der Waals surface area (Å²) < 4.78 is 12.8. The van der Waals surface area contributed by atoms with Crippen LogP contribution < -0.4 is 5.32 Å². The Morgan fingerprint density at radius 1 is 1.06 bits per heavy atom. The SMILES string of the molecule is CC(Nc1ccc(F)cc1)c1cc(Cl)ccc1Cl. The van der Waals surface area contributed by atoms with E-state index in [4.69, 9.17) is 23.2 Å². The fourth-order valence-electron chi connectivity index (χ4n) is 1.72. The zero-order chi connectivity index (χ0) is 13.1. The summed E-state index contributed by atoms with van der Waals surface area (Å²) in [5.41, 5.74) is 1.74. The molecule has 2 aromatic rings. The molecular weight excluding hydrogens is 272 g/mol. The van der Waals surface area contributed by atoms with Crippen molar-refractivity contribution in [3.05, 3.63) is 63.9 Å². The van der Waals surface area contributed by atoms with Crippen molar-refractivity contribution >= 4 is 28.9 Å². The van der Waals surface area contributed by atoms with Gasteiger partial charge in [0.05, 0.1) is 6.04 Å². The lowest BCUT2D eigenvalue weighted by molar-refractivity contribution is 0.628. The van der Waals surface area contributed by atoms with E-state index in [0.717, 1.165) is 11.3 Å². The second-order valence-corrected chi connectivity index (χ2v) is 4.88. The van der Waals surface area contributed by atoms with Gasteiger partial charge >= 0.3 is 0 Å². The van der Waals surface area contributed by atoms with E-state index in [9.17, 15) is 4.39 Å². The highest BCUT2D eigenvalue weighted by Gasteiger charge is 2.10. The molecule has 1 nitrogen and oxygen atoms in total. The number of anilines is 1. The van der Waals surface area contributed by atoms with E-state index in [-0.39, 0.29) is 11.9 Å². The van der Waals surface area contributed by atoms with Crippen LogP contribution in [-0.4, -0.2) is 0 Å². The summed E-state index contributed by atoms with van der Waals surface area (Å²) in [7, 11) is 0. The van der Waals surface area contributed by atoms with Crippen molar-refractivity contribution in [1.82, 2.24) is 0 Å². The Bertz CT molecular complexity index is 540. The summed E-state index contributed by atoms with van der Waals surface area (Å²) in [4.78, 5) is 0. The highest BCUT2D eigenvalue weighted by atomic mass is 35.5. The third-order valence-corrected chi connectivity index (χ3v) is 3.23. The molecule has 0 aliphatic rings. The molecule has 1 N–H and O–H groups in total. The first-order chi connectivity index (χ1) is 8.56. The van der Waals surface area contributed by atoms with Crippen molar-refractivity contribution < 1.29 is 4.39 Å². The zero-order valence-electron chi connectivity index (χ0n) is 9.75. The maximum atomic E-state index is 12.8. The van der Waals surface area contributed by atoms with Crippen molar-refractivity contribution in [2.24, 2.45) is 0 Å². The van der Waals surface area contributed by atoms with E-state index >= 15 is 0 Å². The monoisotopic (exact) mass is 283 g/mol. The van der Waals surface area contributed by atoms with Gasteiger partial charge in [0.2, 0.25) is 0 Å². The Kier molecular flexibility index (Phi) is 4.10. The number of rotatable bonds is 3. The lowest BCUT2D eigenvalue weighted by atomic mass is 10.1. The molecule has 0 saturated heterocycles. The van der Waals surface area contributed by atoms with Gasteiger partial charge in [-0.25, -0.2) is 4.39 Å². The quantitative estimate of drug-likeness (QED) is 0.805.